The lowest BCUT2D eigenvalue weighted by Gasteiger charge is -2.14. The lowest BCUT2D eigenvalue weighted by molar-refractivity contribution is -0.121. The largest absolute Gasteiger partial charge is 0.354 e. The number of carbonyl (C=O) groups is 2. The zero-order valence-electron chi connectivity index (χ0n) is 15.9. The van der Waals surface area contributed by atoms with E-state index in [0.29, 0.717) is 12.2 Å². The fourth-order valence-corrected chi connectivity index (χ4v) is 2.52. The number of nitrogens with one attached hydrogen (secondary N) is 3. The second-order valence-electron chi connectivity index (χ2n) is 6.36. The van der Waals surface area contributed by atoms with Gasteiger partial charge >= 0.3 is 0 Å². The van der Waals surface area contributed by atoms with E-state index in [2.05, 4.69) is 16.0 Å². The van der Waals surface area contributed by atoms with Gasteiger partial charge in [0.15, 0.2) is 0 Å². The Morgan fingerprint density at radius 3 is 2.48 bits per heavy atom. The highest BCUT2D eigenvalue weighted by atomic mass is 16.2. The second kappa shape index (κ2) is 9.68. The molecule has 0 radical (unpaired) electrons. The molecule has 0 spiro atoms. The molecule has 144 valence electrons. The molecule has 2 amide bonds. The maximum absolute atomic E-state index is 12.6. The fourth-order valence-electron chi connectivity index (χ4n) is 2.52. The van der Waals surface area contributed by atoms with Crippen LogP contribution in [0.2, 0.25) is 0 Å². The summed E-state index contributed by atoms with van der Waals surface area (Å²) in [6, 6.07) is 12.7. The zero-order chi connectivity index (χ0) is 19.8. The SMILES string of the molecule is CNC(C)C(=O)Nc1ccc(C)n(CC(=O)NCCc2ccccc2)c1=O. The normalized spacial score (nSPS) is 11.7. The van der Waals surface area contributed by atoms with E-state index in [1.807, 2.05) is 30.3 Å². The number of hydrogen-bond donors (Lipinski definition) is 3. The third kappa shape index (κ3) is 5.79. The molecule has 0 aliphatic carbocycles. The average molecular weight is 370 g/mol. The summed E-state index contributed by atoms with van der Waals surface area (Å²) in [5.74, 6) is -0.555. The standard InChI is InChI=1S/C20H26N4O3/c1-14-9-10-17(23-19(26)15(2)21-3)20(27)24(14)13-18(25)22-12-11-16-7-5-4-6-8-16/h4-10,15,21H,11-13H2,1-3H3,(H,22,25)(H,23,26). The van der Waals surface area contributed by atoms with Gasteiger partial charge in [0.05, 0.1) is 6.04 Å². The van der Waals surface area contributed by atoms with Gasteiger partial charge in [-0.1, -0.05) is 30.3 Å². The van der Waals surface area contributed by atoms with Crippen LogP contribution in [0.5, 0.6) is 0 Å². The van der Waals surface area contributed by atoms with Crippen LogP contribution in [0.25, 0.3) is 0 Å². The Kier molecular flexibility index (Phi) is 7.31. The molecule has 0 bridgehead atoms. The van der Waals surface area contributed by atoms with Gasteiger partial charge in [-0.15, -0.1) is 0 Å². The highest BCUT2D eigenvalue weighted by molar-refractivity contribution is 5.94. The van der Waals surface area contributed by atoms with Crippen LogP contribution in [-0.4, -0.2) is 36.0 Å². The van der Waals surface area contributed by atoms with Crippen molar-refractivity contribution in [2.45, 2.75) is 32.9 Å². The Hall–Kier alpha value is -2.93. The molecule has 0 saturated carbocycles. The van der Waals surface area contributed by atoms with Crippen molar-refractivity contribution < 1.29 is 9.59 Å². The minimum Gasteiger partial charge on any atom is -0.354 e. The maximum atomic E-state index is 12.6. The van der Waals surface area contributed by atoms with E-state index in [-0.39, 0.29) is 24.0 Å². The Labute approximate surface area is 158 Å². The molecule has 1 unspecified atom stereocenters. The summed E-state index contributed by atoms with van der Waals surface area (Å²) >= 11 is 0. The van der Waals surface area contributed by atoms with Crippen LogP contribution >= 0.6 is 0 Å². The van der Waals surface area contributed by atoms with Crippen molar-refractivity contribution in [2.75, 3.05) is 18.9 Å². The molecule has 3 N–H and O–H groups in total. The number of amides is 2. The van der Waals surface area contributed by atoms with E-state index in [9.17, 15) is 14.4 Å². The number of anilines is 1. The number of aromatic nitrogens is 1. The Bertz CT molecular complexity index is 846. The first-order chi connectivity index (χ1) is 12.9. The van der Waals surface area contributed by atoms with Gasteiger partial charge in [-0.2, -0.15) is 0 Å². The Morgan fingerprint density at radius 1 is 1.11 bits per heavy atom. The number of pyridine rings is 1. The molecule has 0 aliphatic heterocycles. The van der Waals surface area contributed by atoms with Gasteiger partial charge in [-0.25, -0.2) is 0 Å². The minimum atomic E-state index is -0.430. The summed E-state index contributed by atoms with van der Waals surface area (Å²) < 4.78 is 1.36. The number of rotatable bonds is 8. The molecule has 1 aromatic heterocycles. The molecule has 7 heteroatoms. The van der Waals surface area contributed by atoms with Crippen molar-refractivity contribution in [3.8, 4) is 0 Å². The minimum absolute atomic E-state index is 0.0925. The van der Waals surface area contributed by atoms with Crippen molar-refractivity contribution in [1.82, 2.24) is 15.2 Å². The van der Waals surface area contributed by atoms with Crippen LogP contribution in [0.15, 0.2) is 47.3 Å². The molecule has 1 aromatic carbocycles. The van der Waals surface area contributed by atoms with Crippen molar-refractivity contribution >= 4 is 17.5 Å². The van der Waals surface area contributed by atoms with E-state index in [1.165, 1.54) is 4.57 Å². The summed E-state index contributed by atoms with van der Waals surface area (Å²) in [6.07, 6.45) is 0.721. The van der Waals surface area contributed by atoms with Crippen LogP contribution in [0.3, 0.4) is 0 Å². The van der Waals surface area contributed by atoms with Crippen LogP contribution in [-0.2, 0) is 22.6 Å². The van der Waals surface area contributed by atoms with Gasteiger partial charge in [0, 0.05) is 12.2 Å². The first-order valence-corrected chi connectivity index (χ1v) is 8.91. The summed E-state index contributed by atoms with van der Waals surface area (Å²) in [4.78, 5) is 36.8. The first-order valence-electron chi connectivity index (χ1n) is 8.91. The molecule has 7 nitrogen and oxygen atoms in total. The number of hydrogen-bond acceptors (Lipinski definition) is 4. The highest BCUT2D eigenvalue weighted by Crippen LogP contribution is 2.04. The maximum Gasteiger partial charge on any atom is 0.274 e. The van der Waals surface area contributed by atoms with Gasteiger partial charge in [0.1, 0.15) is 12.2 Å². The predicted molar refractivity (Wildman–Crippen MR) is 106 cm³/mol. The lowest BCUT2D eigenvalue weighted by atomic mass is 10.1. The topological polar surface area (TPSA) is 92.2 Å². The third-order valence-electron chi connectivity index (χ3n) is 4.36. The summed E-state index contributed by atoms with van der Waals surface area (Å²) in [5.41, 5.74) is 1.54. The van der Waals surface area contributed by atoms with E-state index in [4.69, 9.17) is 0 Å². The van der Waals surface area contributed by atoms with Crippen molar-refractivity contribution in [2.24, 2.45) is 0 Å². The molecule has 0 aliphatic rings. The Morgan fingerprint density at radius 2 is 1.81 bits per heavy atom. The number of aryl methyl sites for hydroxylation is 1. The third-order valence-corrected chi connectivity index (χ3v) is 4.36. The Balaban J connectivity index is 2.00. The van der Waals surface area contributed by atoms with Crippen LogP contribution in [0.4, 0.5) is 5.69 Å². The van der Waals surface area contributed by atoms with E-state index >= 15 is 0 Å². The van der Waals surface area contributed by atoms with E-state index in [0.717, 1.165) is 12.0 Å². The molecular formula is C20H26N4O3. The van der Waals surface area contributed by atoms with Crippen molar-refractivity contribution in [3.05, 3.63) is 64.1 Å². The zero-order valence-corrected chi connectivity index (χ0v) is 15.9. The monoisotopic (exact) mass is 370 g/mol. The van der Waals surface area contributed by atoms with Gasteiger partial charge in [-0.05, 0) is 45.0 Å². The van der Waals surface area contributed by atoms with Crippen molar-refractivity contribution in [1.29, 1.82) is 0 Å². The number of carbonyl (C=O) groups excluding carboxylic acids is 2. The second-order valence-corrected chi connectivity index (χ2v) is 6.36. The molecule has 0 fully saturated rings. The molecule has 1 atom stereocenters. The summed E-state index contributed by atoms with van der Waals surface area (Å²) in [7, 11) is 1.66. The number of nitrogens with zero attached hydrogens (tertiary/aromatic N) is 1. The van der Waals surface area contributed by atoms with E-state index < -0.39 is 11.6 Å². The van der Waals surface area contributed by atoms with Gasteiger partial charge in [0.25, 0.3) is 5.56 Å². The number of benzene rings is 1. The smallest absolute Gasteiger partial charge is 0.274 e. The van der Waals surface area contributed by atoms with Gasteiger partial charge < -0.3 is 20.5 Å². The molecule has 0 saturated heterocycles. The predicted octanol–water partition coefficient (Wildman–Crippen LogP) is 1.06. The lowest BCUT2D eigenvalue weighted by Crippen LogP contribution is -2.39. The van der Waals surface area contributed by atoms with Gasteiger partial charge in [0.2, 0.25) is 11.8 Å². The van der Waals surface area contributed by atoms with Crippen LogP contribution < -0.4 is 21.5 Å². The quantitative estimate of drug-likeness (QED) is 0.648. The molecule has 27 heavy (non-hydrogen) atoms. The fraction of sp³-hybridized carbons (Fsp3) is 0.350. The molecule has 1 heterocycles. The molecular weight excluding hydrogens is 344 g/mol. The summed E-state index contributed by atoms with van der Waals surface area (Å²) in [6.45, 7) is 3.85. The average Bonchev–Trinajstić information content (AvgIpc) is 2.67. The van der Waals surface area contributed by atoms with E-state index in [1.54, 1.807) is 33.0 Å². The number of likely N-dealkylation sites (N-methyl/N-ethyl adjacent to an activating group) is 1. The summed E-state index contributed by atoms with van der Waals surface area (Å²) in [5, 5.41) is 8.24. The van der Waals surface area contributed by atoms with Crippen LogP contribution in [0.1, 0.15) is 18.2 Å². The highest BCUT2D eigenvalue weighted by Gasteiger charge is 2.15. The first kappa shape index (κ1) is 20.4. The molecule has 2 rings (SSSR count). The van der Waals surface area contributed by atoms with Gasteiger partial charge in [-0.3, -0.25) is 14.4 Å². The molecule has 2 aromatic rings. The van der Waals surface area contributed by atoms with Crippen molar-refractivity contribution in [3.63, 3.8) is 0 Å². The van der Waals surface area contributed by atoms with Crippen LogP contribution in [0, 0.1) is 6.92 Å².